The first kappa shape index (κ1) is 28.8. The Labute approximate surface area is 242 Å². The number of hydrogen-bond donors (Lipinski definition) is 0. The zero-order valence-electron chi connectivity index (χ0n) is 21.9. The van der Waals surface area contributed by atoms with Gasteiger partial charge < -0.3 is 4.74 Å². The van der Waals surface area contributed by atoms with Crippen LogP contribution in [0, 0.1) is 11.8 Å². The van der Waals surface area contributed by atoms with Crippen molar-refractivity contribution >= 4 is 71.7 Å². The number of halogens is 2. The molecular formula is C32H33Br2O3P. The number of rotatable bonds is 10. The Kier molecular flexibility index (Phi) is 9.34. The molecule has 4 rings (SSSR count). The Hall–Kier alpha value is -2.20. The number of alkyl halides is 2. The normalized spacial score (nSPS) is 17.8. The van der Waals surface area contributed by atoms with Crippen LogP contribution < -0.4 is 15.9 Å². The molecule has 0 saturated heterocycles. The van der Waals surface area contributed by atoms with E-state index in [4.69, 9.17) is 4.74 Å². The van der Waals surface area contributed by atoms with E-state index >= 15 is 0 Å². The molecule has 0 N–H and O–H groups in total. The molecule has 0 heterocycles. The minimum absolute atomic E-state index is 0.0549. The highest BCUT2D eigenvalue weighted by Gasteiger charge is 2.66. The lowest BCUT2D eigenvalue weighted by molar-refractivity contribution is -0.135. The Morgan fingerprint density at radius 3 is 1.68 bits per heavy atom. The molecule has 198 valence electrons. The van der Waals surface area contributed by atoms with Crippen LogP contribution in [0.2, 0.25) is 0 Å². The molecule has 0 aliphatic heterocycles. The molecule has 0 bridgehead atoms. The highest BCUT2D eigenvalue weighted by molar-refractivity contribution is 9.25. The van der Waals surface area contributed by atoms with Crippen LogP contribution in [0.4, 0.5) is 0 Å². The fourth-order valence-electron chi connectivity index (χ4n) is 5.20. The van der Waals surface area contributed by atoms with Gasteiger partial charge in [0.2, 0.25) is 0 Å². The zero-order valence-corrected chi connectivity index (χ0v) is 26.0. The van der Waals surface area contributed by atoms with Gasteiger partial charge in [0.1, 0.15) is 5.29 Å². The maximum absolute atomic E-state index is 14.7. The van der Waals surface area contributed by atoms with Gasteiger partial charge in [-0.3, -0.25) is 4.79 Å². The van der Waals surface area contributed by atoms with Gasteiger partial charge in [0.25, 0.3) is 0 Å². The van der Waals surface area contributed by atoms with Gasteiger partial charge in [-0.05, 0) is 62.3 Å². The second-order valence-corrected chi connectivity index (χ2v) is 16.8. The molecule has 0 spiro atoms. The van der Waals surface area contributed by atoms with Crippen LogP contribution in [-0.2, 0) is 14.3 Å². The van der Waals surface area contributed by atoms with Gasteiger partial charge in [-0.1, -0.05) is 135 Å². The van der Waals surface area contributed by atoms with Gasteiger partial charge in [-0.15, -0.1) is 0 Å². The van der Waals surface area contributed by atoms with E-state index in [2.05, 4.69) is 51.8 Å². The summed E-state index contributed by atoms with van der Waals surface area (Å²) >= 11 is 7.60. The van der Waals surface area contributed by atoms with E-state index in [1.54, 1.807) is 6.92 Å². The maximum atomic E-state index is 14.7. The first-order valence-corrected chi connectivity index (χ1v) is 16.3. The molecule has 1 aliphatic rings. The molecule has 3 nitrogen and oxygen atoms in total. The van der Waals surface area contributed by atoms with E-state index < -0.39 is 16.1 Å². The number of benzene rings is 3. The highest BCUT2D eigenvalue weighted by atomic mass is 79.9. The SMILES string of the molecule is CCOC(=O)C(C(=O)C1C(CCC=C(C)C)C1(Br)Br)=P(c1ccccc1)(c1ccccc1)c1ccccc1. The van der Waals surface area contributed by atoms with E-state index in [0.717, 1.165) is 28.8 Å². The Balaban J connectivity index is 2.06. The monoisotopic (exact) mass is 654 g/mol. The summed E-state index contributed by atoms with van der Waals surface area (Å²) in [6.45, 7) is 3.23. The van der Waals surface area contributed by atoms with Crippen LogP contribution in [0.1, 0.15) is 33.6 Å². The van der Waals surface area contributed by atoms with Gasteiger partial charge in [-0.2, -0.15) is 0 Å². The number of carbonyl (C=O) groups excluding carboxylic acids is 2. The van der Waals surface area contributed by atoms with E-state index in [1.165, 1.54) is 5.57 Å². The summed E-state index contributed by atoms with van der Waals surface area (Å²) in [5.74, 6) is -1.01. The number of Topliss-reactive ketones (excluding diaryl/α,β-unsaturated/α-hetero) is 1. The predicted octanol–water partition coefficient (Wildman–Crippen LogP) is 6.76. The average molecular weight is 656 g/mol. The third kappa shape index (κ3) is 5.57. The van der Waals surface area contributed by atoms with Gasteiger partial charge in [0, 0.05) is 0 Å². The Morgan fingerprint density at radius 1 is 0.842 bits per heavy atom. The molecule has 1 fully saturated rings. The number of ether oxygens (including phenoxy) is 1. The highest BCUT2D eigenvalue weighted by Crippen LogP contribution is 2.65. The fourth-order valence-corrected chi connectivity index (χ4v) is 11.3. The molecule has 6 heteroatoms. The average Bonchev–Trinajstić information content (AvgIpc) is 3.47. The molecule has 3 aromatic rings. The van der Waals surface area contributed by atoms with Gasteiger partial charge in [0.05, 0.1) is 15.8 Å². The number of ketones is 1. The molecule has 1 saturated carbocycles. The predicted molar refractivity (Wildman–Crippen MR) is 168 cm³/mol. The first-order chi connectivity index (χ1) is 18.3. The van der Waals surface area contributed by atoms with E-state index in [0.29, 0.717) is 0 Å². The summed E-state index contributed by atoms with van der Waals surface area (Å²) in [4.78, 5) is 28.7. The second-order valence-electron chi connectivity index (χ2n) is 9.73. The van der Waals surface area contributed by atoms with Crippen LogP contribution in [0.5, 0.6) is 0 Å². The van der Waals surface area contributed by atoms with Gasteiger partial charge >= 0.3 is 5.97 Å². The summed E-state index contributed by atoms with van der Waals surface area (Å²) < 4.78 is 5.13. The molecule has 1 aliphatic carbocycles. The molecular weight excluding hydrogens is 623 g/mol. The summed E-state index contributed by atoms with van der Waals surface area (Å²) in [6, 6.07) is 29.9. The van der Waals surface area contributed by atoms with Crippen molar-refractivity contribution in [2.75, 3.05) is 6.61 Å². The van der Waals surface area contributed by atoms with Gasteiger partial charge in [-0.25, -0.2) is 4.79 Å². The third-order valence-corrected chi connectivity index (χ3v) is 13.4. The maximum Gasteiger partial charge on any atom is 0.342 e. The summed E-state index contributed by atoms with van der Waals surface area (Å²) in [7, 11) is 0. The molecule has 2 unspecified atom stereocenters. The minimum Gasteiger partial charge on any atom is -0.462 e. The van der Waals surface area contributed by atoms with E-state index in [1.807, 2.05) is 91.0 Å². The zero-order chi connectivity index (χ0) is 27.3. The number of hydrogen-bond acceptors (Lipinski definition) is 3. The van der Waals surface area contributed by atoms with Crippen LogP contribution in [0.3, 0.4) is 0 Å². The summed E-state index contributed by atoms with van der Waals surface area (Å²) in [6.07, 6.45) is 3.91. The Morgan fingerprint density at radius 2 is 1.29 bits per heavy atom. The van der Waals surface area contributed by atoms with Crippen molar-refractivity contribution in [2.45, 2.75) is 36.8 Å². The quantitative estimate of drug-likeness (QED) is 0.0797. The molecule has 0 aromatic heterocycles. The molecule has 0 radical (unpaired) electrons. The lowest BCUT2D eigenvalue weighted by Crippen LogP contribution is -2.39. The summed E-state index contributed by atoms with van der Waals surface area (Å²) in [5, 5.41) is 3.10. The van der Waals surface area contributed by atoms with E-state index in [-0.39, 0.29) is 29.5 Å². The summed E-state index contributed by atoms with van der Waals surface area (Å²) in [5.41, 5.74) is 1.25. The number of carbonyl (C=O) groups is 2. The van der Waals surface area contributed by atoms with Gasteiger partial charge in [0.15, 0.2) is 5.78 Å². The van der Waals surface area contributed by atoms with Crippen molar-refractivity contribution in [3.05, 3.63) is 103 Å². The van der Waals surface area contributed by atoms with Crippen LogP contribution in [-0.4, -0.2) is 26.9 Å². The fraction of sp³-hybridized carbons (Fsp3) is 0.281. The molecule has 3 aromatic carbocycles. The Bertz CT molecular complexity index is 1260. The van der Waals surface area contributed by atoms with Crippen molar-refractivity contribution in [3.8, 4) is 0 Å². The smallest absolute Gasteiger partial charge is 0.342 e. The molecule has 0 amide bonds. The van der Waals surface area contributed by atoms with Crippen LogP contribution in [0.25, 0.3) is 0 Å². The van der Waals surface area contributed by atoms with Crippen LogP contribution in [0.15, 0.2) is 103 Å². The second kappa shape index (κ2) is 12.3. The largest absolute Gasteiger partial charge is 0.462 e. The standard InChI is InChI=1S/C32H33Br2O3P/c1-4-37-31(36)30(29(35)28-27(32(28,33)34)22-14-15-23(2)3)38(24-16-8-5-9-17-24,25-18-10-6-11-19-25)26-20-12-7-13-21-26/h5-13,15-21,27-28H,4,14,22H2,1-3H3. The number of allylic oxidation sites excluding steroid dienone is 2. The van der Waals surface area contributed by atoms with Crippen molar-refractivity contribution < 1.29 is 14.3 Å². The van der Waals surface area contributed by atoms with Crippen LogP contribution >= 0.6 is 38.7 Å². The topological polar surface area (TPSA) is 43.4 Å². The number of esters is 1. The minimum atomic E-state index is -2.90. The van der Waals surface area contributed by atoms with E-state index in [9.17, 15) is 9.59 Å². The van der Waals surface area contributed by atoms with Crippen molar-refractivity contribution in [1.82, 2.24) is 0 Å². The first-order valence-electron chi connectivity index (χ1n) is 12.9. The molecule has 38 heavy (non-hydrogen) atoms. The third-order valence-electron chi connectivity index (χ3n) is 6.98. The molecule has 2 atom stereocenters. The lowest BCUT2D eigenvalue weighted by atomic mass is 10.1. The van der Waals surface area contributed by atoms with Crippen molar-refractivity contribution in [1.29, 1.82) is 0 Å². The van der Waals surface area contributed by atoms with Crippen molar-refractivity contribution in [2.24, 2.45) is 11.8 Å². The lowest BCUT2D eigenvalue weighted by Gasteiger charge is -2.31. The van der Waals surface area contributed by atoms with Crippen molar-refractivity contribution in [3.63, 3.8) is 0 Å².